The molecule has 1 heterocycles. The second kappa shape index (κ2) is 4.00. The zero-order valence-electron chi connectivity index (χ0n) is 9.11. The maximum Gasteiger partial charge on any atom is 0.255 e. The summed E-state index contributed by atoms with van der Waals surface area (Å²) in [5, 5.41) is 0.177. The van der Waals surface area contributed by atoms with Crippen LogP contribution >= 0.6 is 11.6 Å². The number of aromatic amines is 1. The van der Waals surface area contributed by atoms with Crippen molar-refractivity contribution in [1.82, 2.24) is 9.97 Å². The first-order chi connectivity index (χ1) is 8.25. The molecule has 1 aromatic heterocycles. The number of benzene rings is 1. The summed E-state index contributed by atoms with van der Waals surface area (Å²) >= 11 is 5.81. The monoisotopic (exact) mass is 246 g/mol. The molecule has 1 atom stereocenters. The summed E-state index contributed by atoms with van der Waals surface area (Å²) in [5.41, 5.74) is 2.71. The van der Waals surface area contributed by atoms with E-state index in [1.807, 2.05) is 18.2 Å². The van der Waals surface area contributed by atoms with E-state index in [0.29, 0.717) is 0 Å². The fraction of sp³-hybridized carbons (Fsp3) is 0.231. The van der Waals surface area contributed by atoms with E-state index < -0.39 is 0 Å². The topological polar surface area (TPSA) is 45.8 Å². The summed E-state index contributed by atoms with van der Waals surface area (Å²) in [6.07, 6.45) is 1.70. The lowest BCUT2D eigenvalue weighted by molar-refractivity contribution is 0.771. The second-order valence-corrected chi connectivity index (χ2v) is 4.58. The Bertz CT molecular complexity index is 607. The highest BCUT2D eigenvalue weighted by Gasteiger charge is 2.28. The van der Waals surface area contributed by atoms with Crippen LogP contribution in [0, 0.1) is 0 Å². The molecule has 86 valence electrons. The molecule has 0 amide bonds. The van der Waals surface area contributed by atoms with Gasteiger partial charge in [0.05, 0.1) is 5.69 Å². The van der Waals surface area contributed by atoms with Crippen LogP contribution in [-0.2, 0) is 6.42 Å². The second-order valence-electron chi connectivity index (χ2n) is 4.22. The Morgan fingerprint density at radius 3 is 2.82 bits per heavy atom. The minimum Gasteiger partial charge on any atom is -0.297 e. The summed E-state index contributed by atoms with van der Waals surface area (Å²) < 4.78 is 0. The molecule has 17 heavy (non-hydrogen) atoms. The number of halogens is 1. The average molecular weight is 247 g/mol. The minimum absolute atomic E-state index is 0.0987. The normalized spacial score (nSPS) is 18.1. The van der Waals surface area contributed by atoms with E-state index in [4.69, 9.17) is 11.6 Å². The lowest BCUT2D eigenvalue weighted by atomic mass is 9.97. The number of nitrogens with zero attached hydrogens (tertiary/aromatic N) is 1. The van der Waals surface area contributed by atoms with Crippen LogP contribution in [-0.4, -0.2) is 9.97 Å². The fourth-order valence-electron chi connectivity index (χ4n) is 2.45. The van der Waals surface area contributed by atoms with Crippen molar-refractivity contribution in [2.45, 2.75) is 18.8 Å². The molecule has 1 N–H and O–H groups in total. The third-order valence-corrected chi connectivity index (χ3v) is 3.41. The lowest BCUT2D eigenvalue weighted by Crippen LogP contribution is -2.14. The van der Waals surface area contributed by atoms with Gasteiger partial charge < -0.3 is 0 Å². The van der Waals surface area contributed by atoms with Gasteiger partial charge in [0.1, 0.15) is 0 Å². The molecule has 3 rings (SSSR count). The number of hydrogen-bond donors (Lipinski definition) is 1. The van der Waals surface area contributed by atoms with Crippen molar-refractivity contribution < 1.29 is 0 Å². The molecule has 1 aliphatic carbocycles. The van der Waals surface area contributed by atoms with E-state index >= 15 is 0 Å². The Morgan fingerprint density at radius 1 is 1.29 bits per heavy atom. The van der Waals surface area contributed by atoms with Gasteiger partial charge in [-0.1, -0.05) is 30.3 Å². The van der Waals surface area contributed by atoms with Crippen LogP contribution in [0.2, 0.25) is 5.28 Å². The summed E-state index contributed by atoms with van der Waals surface area (Å²) in [4.78, 5) is 18.6. The number of fused-ring (bicyclic) bond motifs is 1. The Hall–Kier alpha value is -1.61. The molecule has 1 aromatic carbocycles. The van der Waals surface area contributed by atoms with E-state index in [0.717, 1.165) is 24.1 Å². The van der Waals surface area contributed by atoms with Crippen molar-refractivity contribution >= 4 is 11.6 Å². The zero-order valence-corrected chi connectivity index (χ0v) is 9.87. The van der Waals surface area contributed by atoms with E-state index in [-0.39, 0.29) is 16.8 Å². The molecule has 0 saturated carbocycles. The van der Waals surface area contributed by atoms with E-state index in [2.05, 4.69) is 22.1 Å². The molecule has 4 heteroatoms. The van der Waals surface area contributed by atoms with E-state index in [1.54, 1.807) is 0 Å². The van der Waals surface area contributed by atoms with E-state index in [9.17, 15) is 4.79 Å². The third kappa shape index (κ3) is 1.76. The van der Waals surface area contributed by atoms with Crippen molar-refractivity contribution in [1.29, 1.82) is 0 Å². The maximum absolute atomic E-state index is 11.7. The minimum atomic E-state index is -0.0987. The number of aromatic nitrogens is 2. The molecular formula is C13H11ClN2O. The Balaban J connectivity index is 2.13. The van der Waals surface area contributed by atoms with Gasteiger partial charge in [-0.15, -0.1) is 0 Å². The highest BCUT2D eigenvalue weighted by Crippen LogP contribution is 2.35. The van der Waals surface area contributed by atoms with Crippen LogP contribution < -0.4 is 5.56 Å². The molecule has 0 fully saturated rings. The molecule has 0 aliphatic heterocycles. The van der Waals surface area contributed by atoms with Crippen LogP contribution in [0.15, 0.2) is 35.1 Å². The van der Waals surface area contributed by atoms with Crippen molar-refractivity contribution in [3.05, 3.63) is 62.8 Å². The van der Waals surface area contributed by atoms with Crippen LogP contribution in [0.5, 0.6) is 0 Å². The fourth-order valence-corrected chi connectivity index (χ4v) is 2.63. The van der Waals surface area contributed by atoms with Crippen LogP contribution in [0.25, 0.3) is 0 Å². The number of hydrogen-bond acceptors (Lipinski definition) is 2. The number of rotatable bonds is 1. The molecule has 1 aliphatic rings. The summed E-state index contributed by atoms with van der Waals surface area (Å²) in [6.45, 7) is 0. The summed E-state index contributed by atoms with van der Waals surface area (Å²) in [5.74, 6) is 0.200. The number of H-pyrrole nitrogens is 1. The Morgan fingerprint density at radius 2 is 2.06 bits per heavy atom. The third-order valence-electron chi connectivity index (χ3n) is 3.23. The van der Waals surface area contributed by atoms with Gasteiger partial charge in [0, 0.05) is 11.5 Å². The first-order valence-electron chi connectivity index (χ1n) is 5.59. The Kier molecular flexibility index (Phi) is 2.48. The van der Waals surface area contributed by atoms with Gasteiger partial charge in [0.15, 0.2) is 0 Å². The van der Waals surface area contributed by atoms with Gasteiger partial charge in [-0.05, 0) is 30.0 Å². The standard InChI is InChI=1S/C13H11ClN2O/c14-13-15-11-9(8-4-2-1-3-5-8)6-7-10(11)12(17)16-13/h1-5,9H,6-7H2,(H,15,16,17). The molecule has 0 spiro atoms. The van der Waals surface area contributed by atoms with Crippen molar-refractivity contribution in [2.24, 2.45) is 0 Å². The molecule has 3 nitrogen and oxygen atoms in total. The summed E-state index contributed by atoms with van der Waals surface area (Å²) in [7, 11) is 0. The van der Waals surface area contributed by atoms with Crippen molar-refractivity contribution in [3.63, 3.8) is 0 Å². The van der Waals surface area contributed by atoms with Gasteiger partial charge in [-0.3, -0.25) is 9.78 Å². The molecule has 0 radical (unpaired) electrons. The molecule has 0 saturated heterocycles. The highest BCUT2D eigenvalue weighted by molar-refractivity contribution is 6.28. The summed E-state index contributed by atoms with van der Waals surface area (Å²) in [6, 6.07) is 10.1. The maximum atomic E-state index is 11.7. The highest BCUT2D eigenvalue weighted by atomic mass is 35.5. The Labute approximate surface area is 103 Å². The molecular weight excluding hydrogens is 236 g/mol. The first-order valence-corrected chi connectivity index (χ1v) is 5.97. The molecule has 0 bridgehead atoms. The smallest absolute Gasteiger partial charge is 0.255 e. The SMILES string of the molecule is O=c1[nH]c(Cl)nc2c1CCC2c1ccccc1. The van der Waals surface area contributed by atoms with Crippen LogP contribution in [0.4, 0.5) is 0 Å². The van der Waals surface area contributed by atoms with Gasteiger partial charge in [0.25, 0.3) is 5.56 Å². The van der Waals surface area contributed by atoms with Crippen LogP contribution in [0.3, 0.4) is 0 Å². The average Bonchev–Trinajstić information content (AvgIpc) is 2.74. The van der Waals surface area contributed by atoms with Gasteiger partial charge in [0.2, 0.25) is 5.28 Å². The largest absolute Gasteiger partial charge is 0.297 e. The number of nitrogens with one attached hydrogen (secondary N) is 1. The zero-order chi connectivity index (χ0) is 11.8. The van der Waals surface area contributed by atoms with Gasteiger partial charge in [-0.2, -0.15) is 0 Å². The quantitative estimate of drug-likeness (QED) is 0.786. The van der Waals surface area contributed by atoms with E-state index in [1.165, 1.54) is 5.56 Å². The molecule has 2 aromatic rings. The first kappa shape index (κ1) is 10.5. The predicted molar refractivity (Wildman–Crippen MR) is 66.5 cm³/mol. The van der Waals surface area contributed by atoms with Crippen molar-refractivity contribution in [3.8, 4) is 0 Å². The van der Waals surface area contributed by atoms with Crippen molar-refractivity contribution in [2.75, 3.05) is 0 Å². The molecule has 1 unspecified atom stereocenters. The predicted octanol–water partition coefficient (Wildman–Crippen LogP) is 2.50. The van der Waals surface area contributed by atoms with Gasteiger partial charge in [-0.25, -0.2) is 4.98 Å². The lowest BCUT2D eigenvalue weighted by Gasteiger charge is -2.10. The van der Waals surface area contributed by atoms with Gasteiger partial charge >= 0.3 is 0 Å². The van der Waals surface area contributed by atoms with Crippen LogP contribution in [0.1, 0.15) is 29.2 Å².